The fourth-order valence-corrected chi connectivity index (χ4v) is 5.34. The first-order valence-electron chi connectivity index (χ1n) is 19.9. The highest BCUT2D eigenvalue weighted by molar-refractivity contribution is 7.46. The summed E-state index contributed by atoms with van der Waals surface area (Å²) in [6, 6.07) is 0. The van der Waals surface area contributed by atoms with Crippen molar-refractivity contribution in [2.75, 3.05) is 13.2 Å². The maximum atomic E-state index is 12.4. The van der Waals surface area contributed by atoms with Crippen LogP contribution >= 0.6 is 7.82 Å². The standard InChI is InChI=1S/C43H71O8P/c1-3-5-7-9-11-13-15-17-19-20-21-22-24-26-28-30-32-34-36-38-43(45)51-41(40-50-52(46,47)48)39-49-42(44)37-35-33-31-29-27-25-23-18-16-14-12-10-8-6-4-2/h5,7,11,13,17,19,21-22,25-28,32,34,41H,3-4,6,8-10,12,14-16,18,20,23-24,29-31,33,35-40H2,1-2H3,(H2,46,47,48)/b7-5+,13-11+,19-17+,22-21+,27-25+,28-26+,34-32+/t41-/m1/s1. The SMILES string of the molecule is CC/C=C/C/C=C/C/C=C/C/C=C/C/C=C/C/C=C/CCC(=O)O[C@H](COC(=O)CCCCC/C=C/CCCCCCCCCC)COP(=O)(O)O. The quantitative estimate of drug-likeness (QED) is 0.0285. The van der Waals surface area contributed by atoms with Gasteiger partial charge in [-0.15, -0.1) is 0 Å². The molecule has 0 aromatic heterocycles. The number of ether oxygens (including phenoxy) is 2. The Morgan fingerprint density at radius 2 is 0.962 bits per heavy atom. The minimum atomic E-state index is -4.78. The van der Waals surface area contributed by atoms with E-state index >= 15 is 0 Å². The number of allylic oxidation sites excluding steroid dienone is 14. The van der Waals surface area contributed by atoms with E-state index in [-0.39, 0.29) is 19.4 Å². The van der Waals surface area contributed by atoms with Crippen molar-refractivity contribution in [3.05, 3.63) is 85.1 Å². The Kier molecular flexibility index (Phi) is 35.9. The van der Waals surface area contributed by atoms with E-state index in [1.807, 2.05) is 12.2 Å². The molecule has 1 atom stereocenters. The number of unbranched alkanes of at least 4 members (excludes halogenated alkanes) is 11. The third-order valence-corrected chi connectivity index (χ3v) is 8.40. The van der Waals surface area contributed by atoms with Crippen molar-refractivity contribution in [2.24, 2.45) is 0 Å². The molecule has 0 saturated heterocycles. The van der Waals surface area contributed by atoms with Gasteiger partial charge in [0.05, 0.1) is 6.61 Å². The Labute approximate surface area is 316 Å². The molecule has 0 aliphatic heterocycles. The van der Waals surface area contributed by atoms with Gasteiger partial charge in [-0.1, -0.05) is 150 Å². The second-order valence-corrected chi connectivity index (χ2v) is 14.1. The number of rotatable bonds is 35. The van der Waals surface area contributed by atoms with Crippen molar-refractivity contribution >= 4 is 19.8 Å². The zero-order chi connectivity index (χ0) is 38.2. The molecular weight excluding hydrogens is 675 g/mol. The number of phosphoric acid groups is 1. The third kappa shape index (κ3) is 40.0. The first kappa shape index (κ1) is 49.2. The lowest BCUT2D eigenvalue weighted by atomic mass is 10.1. The van der Waals surface area contributed by atoms with Gasteiger partial charge in [-0.05, 0) is 77.0 Å². The second kappa shape index (κ2) is 38.0. The summed E-state index contributed by atoms with van der Waals surface area (Å²) in [4.78, 5) is 42.7. The minimum absolute atomic E-state index is 0.0795. The van der Waals surface area contributed by atoms with Crippen LogP contribution in [-0.2, 0) is 28.2 Å². The normalized spacial score (nSPS) is 13.4. The van der Waals surface area contributed by atoms with Crippen molar-refractivity contribution in [3.8, 4) is 0 Å². The van der Waals surface area contributed by atoms with E-state index < -0.39 is 32.5 Å². The molecule has 0 rings (SSSR count). The van der Waals surface area contributed by atoms with Crippen molar-refractivity contribution in [1.82, 2.24) is 0 Å². The fraction of sp³-hybridized carbons (Fsp3) is 0.628. The molecular formula is C43H71O8P. The van der Waals surface area contributed by atoms with Gasteiger partial charge < -0.3 is 19.3 Å². The van der Waals surface area contributed by atoms with Gasteiger partial charge in [0.25, 0.3) is 0 Å². The molecule has 52 heavy (non-hydrogen) atoms. The van der Waals surface area contributed by atoms with Crippen molar-refractivity contribution in [1.29, 1.82) is 0 Å². The van der Waals surface area contributed by atoms with Crippen LogP contribution < -0.4 is 0 Å². The van der Waals surface area contributed by atoms with Gasteiger partial charge in [0.2, 0.25) is 0 Å². The van der Waals surface area contributed by atoms with Crippen LogP contribution in [0.2, 0.25) is 0 Å². The van der Waals surface area contributed by atoms with Crippen molar-refractivity contribution in [3.63, 3.8) is 0 Å². The number of esters is 2. The summed E-state index contributed by atoms with van der Waals surface area (Å²) < 4.78 is 26.2. The van der Waals surface area contributed by atoms with Crippen LogP contribution in [0.3, 0.4) is 0 Å². The van der Waals surface area contributed by atoms with Gasteiger partial charge in [0.1, 0.15) is 6.61 Å². The molecule has 0 fully saturated rings. The van der Waals surface area contributed by atoms with Gasteiger partial charge in [-0.3, -0.25) is 14.1 Å². The van der Waals surface area contributed by atoms with E-state index in [1.54, 1.807) is 0 Å². The molecule has 0 unspecified atom stereocenters. The molecule has 0 aliphatic carbocycles. The predicted octanol–water partition coefficient (Wildman–Crippen LogP) is 12.1. The van der Waals surface area contributed by atoms with Crippen LogP contribution in [0.5, 0.6) is 0 Å². The Hall–Kier alpha value is -2.77. The lowest BCUT2D eigenvalue weighted by molar-refractivity contribution is -0.161. The number of carbonyl (C=O) groups excluding carboxylic acids is 2. The Balaban J connectivity index is 4.13. The van der Waals surface area contributed by atoms with Crippen LogP contribution in [0.25, 0.3) is 0 Å². The van der Waals surface area contributed by atoms with Gasteiger partial charge in [0.15, 0.2) is 6.10 Å². The monoisotopic (exact) mass is 746 g/mol. The highest BCUT2D eigenvalue weighted by atomic mass is 31.2. The number of phosphoric ester groups is 1. The topological polar surface area (TPSA) is 119 Å². The molecule has 0 aliphatic rings. The van der Waals surface area contributed by atoms with Crippen LogP contribution in [0.4, 0.5) is 0 Å². The molecule has 0 saturated carbocycles. The van der Waals surface area contributed by atoms with E-state index in [0.29, 0.717) is 12.8 Å². The molecule has 0 amide bonds. The summed E-state index contributed by atoms with van der Waals surface area (Å²) >= 11 is 0. The summed E-state index contributed by atoms with van der Waals surface area (Å²) in [6.07, 6.45) is 50.3. The molecule has 0 spiro atoms. The number of hydrogen-bond acceptors (Lipinski definition) is 6. The average molecular weight is 747 g/mol. The van der Waals surface area contributed by atoms with E-state index in [9.17, 15) is 14.2 Å². The van der Waals surface area contributed by atoms with E-state index in [4.69, 9.17) is 19.3 Å². The highest BCUT2D eigenvalue weighted by Crippen LogP contribution is 2.35. The molecule has 2 N–H and O–H groups in total. The Morgan fingerprint density at radius 1 is 0.519 bits per heavy atom. The number of hydrogen-bond donors (Lipinski definition) is 2. The molecule has 9 heteroatoms. The van der Waals surface area contributed by atoms with E-state index in [1.165, 1.54) is 51.4 Å². The van der Waals surface area contributed by atoms with Crippen LogP contribution in [0, 0.1) is 0 Å². The summed E-state index contributed by atoms with van der Waals surface area (Å²) in [5.41, 5.74) is 0. The third-order valence-electron chi connectivity index (χ3n) is 7.91. The van der Waals surface area contributed by atoms with Gasteiger partial charge >= 0.3 is 19.8 Å². The predicted molar refractivity (Wildman–Crippen MR) is 216 cm³/mol. The molecule has 0 aromatic rings. The maximum Gasteiger partial charge on any atom is 0.469 e. The average Bonchev–Trinajstić information content (AvgIpc) is 3.11. The molecule has 0 radical (unpaired) electrons. The summed E-state index contributed by atoms with van der Waals surface area (Å²) in [7, 11) is -4.78. The maximum absolute atomic E-state index is 12.4. The van der Waals surface area contributed by atoms with Gasteiger partial charge in [-0.25, -0.2) is 4.57 Å². The molecule has 0 bridgehead atoms. The molecule has 0 aromatic carbocycles. The first-order chi connectivity index (χ1) is 25.3. The zero-order valence-electron chi connectivity index (χ0n) is 32.4. The lowest BCUT2D eigenvalue weighted by Gasteiger charge is -2.18. The summed E-state index contributed by atoms with van der Waals surface area (Å²) in [6.45, 7) is 3.48. The Morgan fingerprint density at radius 3 is 1.46 bits per heavy atom. The molecule has 8 nitrogen and oxygen atoms in total. The molecule has 296 valence electrons. The first-order valence-corrected chi connectivity index (χ1v) is 21.4. The highest BCUT2D eigenvalue weighted by Gasteiger charge is 2.22. The van der Waals surface area contributed by atoms with Crippen molar-refractivity contribution < 1.29 is 37.9 Å². The van der Waals surface area contributed by atoms with Gasteiger partial charge in [-0.2, -0.15) is 0 Å². The largest absolute Gasteiger partial charge is 0.469 e. The van der Waals surface area contributed by atoms with Gasteiger partial charge in [0, 0.05) is 12.8 Å². The Bertz CT molecular complexity index is 1110. The minimum Gasteiger partial charge on any atom is -0.462 e. The lowest BCUT2D eigenvalue weighted by Crippen LogP contribution is -2.29. The van der Waals surface area contributed by atoms with Crippen molar-refractivity contribution in [2.45, 2.75) is 161 Å². The fourth-order valence-electron chi connectivity index (χ4n) is 4.98. The van der Waals surface area contributed by atoms with Crippen LogP contribution in [0.15, 0.2) is 85.1 Å². The van der Waals surface area contributed by atoms with Crippen LogP contribution in [-0.4, -0.2) is 41.0 Å². The van der Waals surface area contributed by atoms with E-state index in [0.717, 1.165) is 64.2 Å². The summed E-state index contributed by atoms with van der Waals surface area (Å²) in [5, 5.41) is 0. The molecule has 0 heterocycles. The van der Waals surface area contributed by atoms with Crippen LogP contribution in [0.1, 0.15) is 155 Å². The number of carbonyl (C=O) groups is 2. The zero-order valence-corrected chi connectivity index (χ0v) is 33.3. The van der Waals surface area contributed by atoms with E-state index in [2.05, 4.69) is 91.3 Å². The summed E-state index contributed by atoms with van der Waals surface area (Å²) in [5.74, 6) is -1.01. The second-order valence-electron chi connectivity index (χ2n) is 12.9. The smallest absolute Gasteiger partial charge is 0.462 e.